The van der Waals surface area contributed by atoms with Gasteiger partial charge >= 0.3 is 5.69 Å². The van der Waals surface area contributed by atoms with Crippen LogP contribution in [-0.2, 0) is 45.1 Å². The van der Waals surface area contributed by atoms with Gasteiger partial charge in [-0.1, -0.05) is 98.8 Å². The monoisotopic (exact) mass is 947 g/mol. The molecule has 0 radical (unpaired) electrons. The fraction of sp³-hybridized carbons (Fsp3) is 0.404. The molecule has 0 bridgehead atoms. The second-order valence-corrected chi connectivity index (χ2v) is 18.5. The fourth-order valence-electron chi connectivity index (χ4n) is 8.23. The first kappa shape index (κ1) is 51.6. The lowest BCUT2D eigenvalue weighted by Gasteiger charge is -2.39. The van der Waals surface area contributed by atoms with Gasteiger partial charge in [-0.3, -0.25) is 14.2 Å². The van der Waals surface area contributed by atoms with Gasteiger partial charge in [0, 0.05) is 31.1 Å². The number of nitriles is 1. The average Bonchev–Trinajstić information content (AvgIpc) is 3.67. The first-order valence-corrected chi connectivity index (χ1v) is 23.8. The van der Waals surface area contributed by atoms with Crippen LogP contribution >= 0.6 is 8.53 Å². The number of rotatable bonds is 22. The number of nitrogens with zero attached hydrogens (tertiary/aromatic N) is 5. The molecule has 0 saturated carbocycles. The van der Waals surface area contributed by atoms with Crippen LogP contribution in [0.2, 0.25) is 0 Å². The van der Waals surface area contributed by atoms with Gasteiger partial charge in [0.1, 0.15) is 41.2 Å². The molecule has 1 saturated heterocycles. The molecule has 0 aliphatic carbocycles. The van der Waals surface area contributed by atoms with Crippen LogP contribution < -0.4 is 20.1 Å². The summed E-state index contributed by atoms with van der Waals surface area (Å²) in [4.78, 5) is 45.5. The minimum absolute atomic E-state index is 0.0484. The lowest BCUT2D eigenvalue weighted by atomic mass is 9.80. The van der Waals surface area contributed by atoms with Crippen LogP contribution in [0.3, 0.4) is 0 Å². The van der Waals surface area contributed by atoms with Crippen LogP contribution in [-0.4, -0.2) is 83.9 Å². The maximum atomic E-state index is 14.4. The molecule has 360 valence electrons. The van der Waals surface area contributed by atoms with Crippen molar-refractivity contribution in [3.05, 3.63) is 154 Å². The standard InChI is InChI=1S/C52H62N5O10P/c1-35(2)49(59)56(38(7)58)46-29-31-55(51(60)54-46)50-48(63-33-39-17-12-10-13-18-39)47(67-68(65-32-16-30-53)57(36(3)4)37(5)6)45(66-50)34-64-52(40-19-14-11-15-20-40,41-21-25-43(61-8)26-22-41)42-23-27-44(62-9)28-24-42/h10-15,17-29,31,35-37,45,47-48,50H,16,32-34H2,1-9H3/t45-,47?,48?,50-,68?/m1/s1. The molecule has 1 aromatic heterocycles. The van der Waals surface area contributed by atoms with E-state index in [0.29, 0.717) is 11.5 Å². The van der Waals surface area contributed by atoms with E-state index in [1.54, 1.807) is 28.1 Å². The van der Waals surface area contributed by atoms with Gasteiger partial charge in [-0.25, -0.2) is 14.4 Å². The van der Waals surface area contributed by atoms with Gasteiger partial charge in [0.25, 0.3) is 8.53 Å². The van der Waals surface area contributed by atoms with Gasteiger partial charge in [0.05, 0.1) is 46.5 Å². The Labute approximate surface area is 400 Å². The Morgan fingerprint density at radius 2 is 1.37 bits per heavy atom. The highest BCUT2D eigenvalue weighted by molar-refractivity contribution is 7.44. The number of hydrogen-bond acceptors (Lipinski definition) is 13. The van der Waals surface area contributed by atoms with Crippen molar-refractivity contribution in [2.75, 3.05) is 32.3 Å². The predicted molar refractivity (Wildman–Crippen MR) is 259 cm³/mol. The molecule has 4 aromatic carbocycles. The first-order chi connectivity index (χ1) is 32.7. The van der Waals surface area contributed by atoms with E-state index in [1.807, 2.05) is 137 Å². The Bertz CT molecular complexity index is 2450. The summed E-state index contributed by atoms with van der Waals surface area (Å²) in [6.07, 6.45) is -2.53. The zero-order chi connectivity index (χ0) is 49.0. The van der Waals surface area contributed by atoms with E-state index in [0.717, 1.165) is 27.2 Å². The Kier molecular flexibility index (Phi) is 18.2. The second kappa shape index (κ2) is 24.0. The molecular weight excluding hydrogens is 886 g/mol. The van der Waals surface area contributed by atoms with Crippen molar-refractivity contribution in [1.29, 1.82) is 5.26 Å². The molecular formula is C52H62N5O10P. The molecule has 16 heteroatoms. The van der Waals surface area contributed by atoms with E-state index in [4.69, 9.17) is 32.7 Å². The van der Waals surface area contributed by atoms with Crippen molar-refractivity contribution < 1.29 is 42.3 Å². The van der Waals surface area contributed by atoms with Crippen molar-refractivity contribution in [2.45, 2.75) is 104 Å². The van der Waals surface area contributed by atoms with Crippen molar-refractivity contribution in [3.63, 3.8) is 0 Å². The summed E-state index contributed by atoms with van der Waals surface area (Å²) >= 11 is 0. The van der Waals surface area contributed by atoms with Crippen molar-refractivity contribution in [1.82, 2.24) is 14.2 Å². The minimum Gasteiger partial charge on any atom is -0.497 e. The van der Waals surface area contributed by atoms with Gasteiger partial charge in [-0.05, 0) is 80.3 Å². The smallest absolute Gasteiger partial charge is 0.351 e. The van der Waals surface area contributed by atoms with Crippen molar-refractivity contribution in [3.8, 4) is 17.6 Å². The Morgan fingerprint density at radius 1 is 0.809 bits per heavy atom. The third-order valence-corrected chi connectivity index (χ3v) is 13.6. The third-order valence-electron chi connectivity index (χ3n) is 11.4. The van der Waals surface area contributed by atoms with Gasteiger partial charge < -0.3 is 32.7 Å². The third kappa shape index (κ3) is 11.9. The molecule has 1 aliphatic heterocycles. The van der Waals surface area contributed by atoms with Crippen LogP contribution in [0.25, 0.3) is 0 Å². The number of amides is 2. The van der Waals surface area contributed by atoms with Crippen molar-refractivity contribution in [2.24, 2.45) is 5.92 Å². The molecule has 2 amide bonds. The normalized spacial score (nSPS) is 17.6. The van der Waals surface area contributed by atoms with Crippen LogP contribution in [0.5, 0.6) is 11.5 Å². The van der Waals surface area contributed by atoms with Crippen LogP contribution in [0.15, 0.2) is 126 Å². The lowest BCUT2D eigenvalue weighted by molar-refractivity contribution is -0.127. The van der Waals surface area contributed by atoms with E-state index < -0.39 is 62.1 Å². The largest absolute Gasteiger partial charge is 0.497 e. The summed E-state index contributed by atoms with van der Waals surface area (Å²) in [5.41, 5.74) is 1.19. The summed E-state index contributed by atoms with van der Waals surface area (Å²) in [7, 11) is 1.32. The zero-order valence-corrected chi connectivity index (χ0v) is 41.1. The molecule has 0 spiro atoms. The quantitative estimate of drug-likeness (QED) is 0.0367. The zero-order valence-electron chi connectivity index (χ0n) is 40.2. The number of imide groups is 1. The van der Waals surface area contributed by atoms with E-state index in [9.17, 15) is 19.6 Å². The van der Waals surface area contributed by atoms with E-state index in [1.165, 1.54) is 23.8 Å². The van der Waals surface area contributed by atoms with Gasteiger partial charge in [-0.15, -0.1) is 0 Å². The fourth-order valence-corrected chi connectivity index (χ4v) is 10.00. The average molecular weight is 948 g/mol. The molecule has 3 unspecified atom stereocenters. The summed E-state index contributed by atoms with van der Waals surface area (Å²) in [6.45, 7) is 12.8. The molecule has 5 atom stereocenters. The number of carbonyl (C=O) groups excluding carboxylic acids is 2. The maximum absolute atomic E-state index is 14.4. The molecule has 5 aromatic rings. The number of aromatic nitrogens is 2. The van der Waals surface area contributed by atoms with E-state index in [-0.39, 0.29) is 44.1 Å². The number of hydrogen-bond donors (Lipinski definition) is 0. The summed E-state index contributed by atoms with van der Waals surface area (Å²) in [6, 6.07) is 38.3. The van der Waals surface area contributed by atoms with E-state index >= 15 is 0 Å². The Hall–Kier alpha value is -5.82. The first-order valence-electron chi connectivity index (χ1n) is 22.7. The Morgan fingerprint density at radius 3 is 1.87 bits per heavy atom. The predicted octanol–water partition coefficient (Wildman–Crippen LogP) is 8.95. The molecule has 2 heterocycles. The summed E-state index contributed by atoms with van der Waals surface area (Å²) in [5.74, 6) is -0.427. The SMILES string of the molecule is COc1ccc(C(OC[C@H]2O[C@@H](n3ccc(N(C(C)=O)C(=O)C(C)C)nc3=O)C(OCc3ccccc3)C2OP(OCCC#N)N(C(C)C)C(C)C)(c2ccccc2)c2ccc(OC)cc2)cc1. The lowest BCUT2D eigenvalue weighted by Crippen LogP contribution is -2.43. The number of carbonyl (C=O) groups is 2. The maximum Gasteiger partial charge on any atom is 0.351 e. The van der Waals surface area contributed by atoms with Gasteiger partial charge in [-0.2, -0.15) is 10.2 Å². The molecule has 1 fully saturated rings. The molecule has 15 nitrogen and oxygen atoms in total. The number of benzene rings is 4. The van der Waals surface area contributed by atoms with Gasteiger partial charge in [0.15, 0.2) is 6.23 Å². The number of methoxy groups -OCH3 is 2. The van der Waals surface area contributed by atoms with Gasteiger partial charge in [0.2, 0.25) is 11.8 Å². The summed E-state index contributed by atoms with van der Waals surface area (Å²) < 4.78 is 49.5. The highest BCUT2D eigenvalue weighted by atomic mass is 31.2. The second-order valence-electron chi connectivity index (χ2n) is 17.1. The highest BCUT2D eigenvalue weighted by Gasteiger charge is 2.52. The molecule has 68 heavy (non-hydrogen) atoms. The molecule has 1 aliphatic rings. The van der Waals surface area contributed by atoms with Crippen LogP contribution in [0.1, 0.15) is 83.4 Å². The molecule has 6 rings (SSSR count). The van der Waals surface area contributed by atoms with Crippen LogP contribution in [0, 0.1) is 17.2 Å². The minimum atomic E-state index is -1.90. The number of ether oxygens (including phenoxy) is 5. The summed E-state index contributed by atoms with van der Waals surface area (Å²) in [5, 5.41) is 9.57. The Balaban J connectivity index is 1.54. The highest BCUT2D eigenvalue weighted by Crippen LogP contribution is 2.51. The molecule has 0 N–H and O–H groups in total. The van der Waals surface area contributed by atoms with E-state index in [2.05, 4.69) is 15.7 Å². The topological polar surface area (TPSA) is 164 Å². The van der Waals surface area contributed by atoms with Crippen molar-refractivity contribution >= 4 is 26.2 Å². The number of anilines is 1. The van der Waals surface area contributed by atoms with Crippen LogP contribution in [0.4, 0.5) is 5.82 Å².